The normalized spacial score (nSPS) is 18.2. The lowest BCUT2D eigenvalue weighted by Gasteiger charge is -2.11. The van der Waals surface area contributed by atoms with Crippen molar-refractivity contribution in [3.63, 3.8) is 0 Å². The predicted octanol–water partition coefficient (Wildman–Crippen LogP) is 1.84. The predicted molar refractivity (Wildman–Crippen MR) is 55.6 cm³/mol. The first-order valence-electron chi connectivity index (χ1n) is 3.60. The molecule has 1 N–H and O–H groups in total. The van der Waals surface area contributed by atoms with Crippen molar-refractivity contribution in [3.05, 3.63) is 0 Å². The third-order valence-electron chi connectivity index (χ3n) is 1.24. The van der Waals surface area contributed by atoms with E-state index in [0.717, 1.165) is 0 Å². The van der Waals surface area contributed by atoms with Crippen LogP contribution >= 0.6 is 23.2 Å². The molecule has 0 amide bonds. The minimum Gasteiger partial charge on any atom is -0.303 e. The van der Waals surface area contributed by atoms with Gasteiger partial charge in [-0.1, -0.05) is 11.6 Å². The zero-order chi connectivity index (χ0) is 9.56. The summed E-state index contributed by atoms with van der Waals surface area (Å²) < 4.78 is 0. The smallest absolute Gasteiger partial charge is 0.111 e. The molecule has 5 heteroatoms. The maximum atomic E-state index is 5.82. The molecule has 70 valence electrons. The summed E-state index contributed by atoms with van der Waals surface area (Å²) in [7, 11) is 1.78. The molecule has 2 atom stereocenters. The Morgan fingerprint density at radius 2 is 2.17 bits per heavy atom. The van der Waals surface area contributed by atoms with Gasteiger partial charge in [-0.25, -0.2) is 4.99 Å². The van der Waals surface area contributed by atoms with Crippen molar-refractivity contribution >= 4 is 34.7 Å². The molecule has 0 aromatic rings. The Hall–Kier alpha value is -0.120. The maximum absolute atomic E-state index is 5.82. The van der Waals surface area contributed by atoms with Crippen LogP contribution in [-0.2, 0) is 0 Å². The highest BCUT2D eigenvalue weighted by Gasteiger charge is 2.08. The lowest BCUT2D eigenvalue weighted by Crippen LogP contribution is -2.28. The molecule has 0 saturated carbocycles. The molecule has 12 heavy (non-hydrogen) atoms. The average Bonchev–Trinajstić information content (AvgIpc) is 2.02. The van der Waals surface area contributed by atoms with Crippen LogP contribution in [0.5, 0.6) is 0 Å². The molecule has 0 radical (unpaired) electrons. The third-order valence-corrected chi connectivity index (χ3v) is 1.92. The first-order chi connectivity index (χ1) is 5.57. The van der Waals surface area contributed by atoms with Gasteiger partial charge >= 0.3 is 0 Å². The second kappa shape index (κ2) is 6.40. The van der Waals surface area contributed by atoms with Crippen LogP contribution in [0.4, 0.5) is 0 Å². The van der Waals surface area contributed by atoms with Gasteiger partial charge in [0.1, 0.15) is 17.0 Å². The van der Waals surface area contributed by atoms with Crippen molar-refractivity contribution in [1.82, 2.24) is 5.32 Å². The van der Waals surface area contributed by atoms with Gasteiger partial charge in [-0.05, 0) is 20.9 Å². The van der Waals surface area contributed by atoms with Crippen LogP contribution in [0.1, 0.15) is 13.8 Å². The molecular formula is C7H13Cl2N3. The van der Waals surface area contributed by atoms with E-state index in [1.807, 2.05) is 6.92 Å². The summed E-state index contributed by atoms with van der Waals surface area (Å²) in [5, 5.41) is 3.33. The van der Waals surface area contributed by atoms with Gasteiger partial charge in [0, 0.05) is 0 Å². The van der Waals surface area contributed by atoms with Gasteiger partial charge in [0.2, 0.25) is 0 Å². The van der Waals surface area contributed by atoms with Gasteiger partial charge < -0.3 is 5.32 Å². The largest absolute Gasteiger partial charge is 0.303 e. The summed E-state index contributed by atoms with van der Waals surface area (Å²) in [5.74, 6) is 0. The third kappa shape index (κ3) is 5.52. The molecule has 0 saturated heterocycles. The van der Waals surface area contributed by atoms with Crippen LogP contribution in [0, 0.1) is 0 Å². The molecule has 1 unspecified atom stereocenters. The van der Waals surface area contributed by atoms with E-state index in [4.69, 9.17) is 23.2 Å². The summed E-state index contributed by atoms with van der Waals surface area (Å²) in [6.45, 7) is 3.58. The van der Waals surface area contributed by atoms with E-state index in [9.17, 15) is 0 Å². The van der Waals surface area contributed by atoms with Crippen molar-refractivity contribution < 1.29 is 0 Å². The summed E-state index contributed by atoms with van der Waals surface area (Å²) >= 11 is 11.3. The fourth-order valence-electron chi connectivity index (χ4n) is 0.535. The molecular weight excluding hydrogens is 197 g/mol. The van der Waals surface area contributed by atoms with Crippen molar-refractivity contribution in [2.24, 2.45) is 9.98 Å². The van der Waals surface area contributed by atoms with Crippen LogP contribution in [0.2, 0.25) is 0 Å². The van der Waals surface area contributed by atoms with Crippen LogP contribution < -0.4 is 5.32 Å². The Bertz CT molecular complexity index is 175. The molecule has 0 bridgehead atoms. The topological polar surface area (TPSA) is 36.8 Å². The molecule has 0 aliphatic carbocycles. The standard InChI is InChI=1S/C7H13Cl2N3/c1-5(7(9)10-3)11-4-12-6(2)8/h4-5,7,10H,1-3H3/b11-4-,12-6+/t5-,7?/m1/s1. The first-order valence-corrected chi connectivity index (χ1v) is 4.42. The van der Waals surface area contributed by atoms with Gasteiger partial charge in [-0.3, -0.25) is 4.99 Å². The Kier molecular flexibility index (Phi) is 6.34. The quantitative estimate of drug-likeness (QED) is 0.327. The van der Waals surface area contributed by atoms with E-state index in [2.05, 4.69) is 15.3 Å². The Morgan fingerprint density at radius 1 is 1.58 bits per heavy atom. The summed E-state index contributed by atoms with van der Waals surface area (Å²) in [6.07, 6.45) is 1.42. The molecule has 0 rings (SSSR count). The summed E-state index contributed by atoms with van der Waals surface area (Å²) in [4.78, 5) is 7.83. The zero-order valence-corrected chi connectivity index (χ0v) is 8.89. The number of halogens is 2. The Balaban J connectivity index is 3.91. The van der Waals surface area contributed by atoms with E-state index in [1.54, 1.807) is 14.0 Å². The zero-order valence-electron chi connectivity index (χ0n) is 7.38. The van der Waals surface area contributed by atoms with E-state index in [1.165, 1.54) is 6.34 Å². The van der Waals surface area contributed by atoms with Crippen LogP contribution in [0.25, 0.3) is 0 Å². The fraction of sp³-hybridized carbons (Fsp3) is 0.714. The minimum absolute atomic E-state index is 0.0172. The molecule has 0 aromatic heterocycles. The maximum Gasteiger partial charge on any atom is 0.111 e. The lowest BCUT2D eigenvalue weighted by atomic mass is 10.3. The van der Waals surface area contributed by atoms with E-state index in [0.29, 0.717) is 5.17 Å². The van der Waals surface area contributed by atoms with Crippen LogP contribution in [0.15, 0.2) is 9.98 Å². The number of hydrogen-bond donors (Lipinski definition) is 1. The van der Waals surface area contributed by atoms with Crippen LogP contribution in [0.3, 0.4) is 0 Å². The first kappa shape index (κ1) is 11.9. The Labute approximate surface area is 82.9 Å². The van der Waals surface area contributed by atoms with Gasteiger partial charge in [0.15, 0.2) is 0 Å². The molecule has 0 aromatic carbocycles. The molecule has 0 aliphatic heterocycles. The highest BCUT2D eigenvalue weighted by Crippen LogP contribution is 2.01. The van der Waals surface area contributed by atoms with E-state index >= 15 is 0 Å². The Morgan fingerprint density at radius 3 is 2.58 bits per heavy atom. The summed E-state index contributed by atoms with van der Waals surface area (Å²) in [5.41, 5.74) is -0.174. The average molecular weight is 210 g/mol. The molecule has 3 nitrogen and oxygen atoms in total. The van der Waals surface area contributed by atoms with Gasteiger partial charge in [-0.2, -0.15) is 0 Å². The second-order valence-electron chi connectivity index (χ2n) is 2.32. The highest BCUT2D eigenvalue weighted by molar-refractivity contribution is 6.65. The number of nitrogens with zero attached hydrogens (tertiary/aromatic N) is 2. The van der Waals surface area contributed by atoms with Gasteiger partial charge in [0.05, 0.1) is 6.04 Å². The molecule has 0 heterocycles. The lowest BCUT2D eigenvalue weighted by molar-refractivity contribution is 0.616. The van der Waals surface area contributed by atoms with E-state index < -0.39 is 0 Å². The molecule has 0 fully saturated rings. The van der Waals surface area contributed by atoms with Crippen molar-refractivity contribution in [3.8, 4) is 0 Å². The minimum atomic E-state index is -0.174. The van der Waals surface area contributed by atoms with E-state index in [-0.39, 0.29) is 11.5 Å². The van der Waals surface area contributed by atoms with Crippen molar-refractivity contribution in [1.29, 1.82) is 0 Å². The highest BCUT2D eigenvalue weighted by atomic mass is 35.5. The van der Waals surface area contributed by atoms with Crippen LogP contribution in [-0.4, -0.2) is 30.1 Å². The number of likely N-dealkylation sites (N-methyl/N-ethyl adjacent to an activating group) is 1. The second-order valence-corrected chi connectivity index (χ2v) is 3.34. The summed E-state index contributed by atoms with van der Waals surface area (Å²) in [6, 6.07) is -0.0172. The molecule has 0 aliphatic rings. The number of rotatable bonds is 4. The SMILES string of the molecule is CNC(Cl)[C@@H](C)/N=C\N=C(/C)Cl. The van der Waals surface area contributed by atoms with Gasteiger partial charge in [-0.15, -0.1) is 11.6 Å². The monoisotopic (exact) mass is 209 g/mol. The number of nitrogens with one attached hydrogen (secondary N) is 1. The number of hydrogen-bond acceptors (Lipinski definition) is 2. The number of aliphatic imine (C=N–C) groups is 2. The fourth-order valence-corrected chi connectivity index (χ4v) is 0.644. The number of alkyl halides is 1. The van der Waals surface area contributed by atoms with Gasteiger partial charge in [0.25, 0.3) is 0 Å². The molecule has 0 spiro atoms. The van der Waals surface area contributed by atoms with Crippen molar-refractivity contribution in [2.75, 3.05) is 7.05 Å². The van der Waals surface area contributed by atoms with Crippen molar-refractivity contribution in [2.45, 2.75) is 25.4 Å².